The van der Waals surface area contributed by atoms with Crippen molar-refractivity contribution in [2.75, 3.05) is 7.11 Å². The van der Waals surface area contributed by atoms with Crippen LogP contribution in [0.1, 0.15) is 56.4 Å². The maximum absolute atomic E-state index is 14.3. The molecule has 2 aromatic rings. The average Bonchev–Trinajstić information content (AvgIpc) is 3.45. The number of benzene rings is 1. The van der Waals surface area contributed by atoms with Crippen LogP contribution in [-0.2, 0) is 19.1 Å². The molecule has 1 saturated heterocycles. The highest BCUT2D eigenvalue weighted by Crippen LogP contribution is 2.34. The van der Waals surface area contributed by atoms with E-state index >= 15 is 0 Å². The molecule has 1 aromatic heterocycles. The van der Waals surface area contributed by atoms with Crippen LogP contribution in [0, 0.1) is 17.7 Å². The lowest BCUT2D eigenvalue weighted by atomic mass is 9.91. The highest BCUT2D eigenvalue weighted by atomic mass is 35.5. The Kier molecular flexibility index (Phi) is 7.26. The molecule has 0 radical (unpaired) electrons. The SMILES string of the molecule is COC(=O)C(CC1CC(C)(C)NC1=O)NC(=O)C(CC1CC1)NC(=O)c1cc2ccc(Cl)c(F)c2[nH]1. The number of esters is 1. The number of rotatable bonds is 9. The minimum Gasteiger partial charge on any atom is -0.467 e. The molecule has 0 bridgehead atoms. The number of H-pyrrole nitrogens is 1. The second-order valence-electron chi connectivity index (χ2n) is 10.3. The zero-order valence-corrected chi connectivity index (χ0v) is 21.1. The predicted octanol–water partition coefficient (Wildman–Crippen LogP) is 2.82. The molecule has 1 aliphatic carbocycles. The molecular weight excluding hydrogens is 491 g/mol. The summed E-state index contributed by atoms with van der Waals surface area (Å²) in [5.41, 5.74) is -0.230. The van der Waals surface area contributed by atoms with Gasteiger partial charge in [-0.1, -0.05) is 30.5 Å². The molecule has 2 heterocycles. The van der Waals surface area contributed by atoms with Crippen LogP contribution in [0.25, 0.3) is 10.9 Å². The number of halogens is 2. The third-order valence-electron chi connectivity index (χ3n) is 6.73. The molecule has 1 aliphatic heterocycles. The summed E-state index contributed by atoms with van der Waals surface area (Å²) in [6.45, 7) is 3.78. The van der Waals surface area contributed by atoms with Crippen molar-refractivity contribution in [3.8, 4) is 0 Å². The van der Waals surface area contributed by atoms with Crippen molar-refractivity contribution in [2.24, 2.45) is 11.8 Å². The van der Waals surface area contributed by atoms with Crippen LogP contribution in [0.15, 0.2) is 18.2 Å². The van der Waals surface area contributed by atoms with Crippen LogP contribution in [0.4, 0.5) is 4.39 Å². The second kappa shape index (κ2) is 10.1. The summed E-state index contributed by atoms with van der Waals surface area (Å²) in [6, 6.07) is 2.50. The van der Waals surface area contributed by atoms with Crippen molar-refractivity contribution in [2.45, 2.75) is 63.6 Å². The normalized spacial score (nSPS) is 20.5. The lowest BCUT2D eigenvalue weighted by Crippen LogP contribution is -2.52. The number of hydrogen-bond donors (Lipinski definition) is 4. The fraction of sp³-hybridized carbons (Fsp3) is 0.520. The Morgan fingerprint density at radius 1 is 1.19 bits per heavy atom. The van der Waals surface area contributed by atoms with Gasteiger partial charge in [0.2, 0.25) is 11.8 Å². The fourth-order valence-corrected chi connectivity index (χ4v) is 4.87. The number of carbonyl (C=O) groups is 4. The molecule has 0 spiro atoms. The van der Waals surface area contributed by atoms with Gasteiger partial charge < -0.3 is 25.7 Å². The quantitative estimate of drug-likeness (QED) is 0.378. The molecule has 3 atom stereocenters. The van der Waals surface area contributed by atoms with Crippen molar-refractivity contribution in [1.29, 1.82) is 0 Å². The Balaban J connectivity index is 1.48. The van der Waals surface area contributed by atoms with Gasteiger partial charge >= 0.3 is 5.97 Å². The van der Waals surface area contributed by atoms with Crippen molar-refractivity contribution in [3.05, 3.63) is 34.7 Å². The summed E-state index contributed by atoms with van der Waals surface area (Å²) in [5.74, 6) is -2.84. The maximum Gasteiger partial charge on any atom is 0.328 e. The van der Waals surface area contributed by atoms with E-state index in [0.29, 0.717) is 18.2 Å². The van der Waals surface area contributed by atoms with Gasteiger partial charge in [0.1, 0.15) is 17.8 Å². The summed E-state index contributed by atoms with van der Waals surface area (Å²) in [4.78, 5) is 53.7. The van der Waals surface area contributed by atoms with E-state index in [1.165, 1.54) is 19.2 Å². The van der Waals surface area contributed by atoms with Crippen LogP contribution in [0.3, 0.4) is 0 Å². The third kappa shape index (κ3) is 5.80. The Labute approximate surface area is 212 Å². The standard InChI is InChI=1S/C25H30ClFN4O5/c1-25(2)11-14(21(32)31-25)10-18(24(35)36-3)30-22(33)16(8-12-4-5-12)29-23(34)17-9-13-6-7-15(26)19(27)20(13)28-17/h6-7,9,12,14,16,18,28H,4-5,8,10-11H2,1-3H3,(H,29,34)(H,30,33)(H,31,32). The number of aromatic amines is 1. The largest absolute Gasteiger partial charge is 0.467 e. The van der Waals surface area contributed by atoms with Gasteiger partial charge in [0.15, 0.2) is 5.82 Å². The van der Waals surface area contributed by atoms with Crippen molar-refractivity contribution in [3.63, 3.8) is 0 Å². The Hall–Kier alpha value is -3.14. The van der Waals surface area contributed by atoms with Gasteiger partial charge in [-0.15, -0.1) is 0 Å². The van der Waals surface area contributed by atoms with Gasteiger partial charge in [-0.05, 0) is 51.2 Å². The first-order valence-electron chi connectivity index (χ1n) is 11.9. The van der Waals surface area contributed by atoms with Crippen LogP contribution in [0.5, 0.6) is 0 Å². The number of amides is 3. The minimum atomic E-state index is -1.05. The number of nitrogens with one attached hydrogen (secondary N) is 4. The molecule has 9 nitrogen and oxygen atoms in total. The Morgan fingerprint density at radius 2 is 1.92 bits per heavy atom. The van der Waals surface area contributed by atoms with Gasteiger partial charge in [0.25, 0.3) is 5.91 Å². The summed E-state index contributed by atoms with van der Waals surface area (Å²) in [6.07, 6.45) is 2.86. The number of carbonyl (C=O) groups excluding carboxylic acids is 4. The van der Waals surface area contributed by atoms with E-state index in [9.17, 15) is 23.6 Å². The van der Waals surface area contributed by atoms with Gasteiger partial charge in [-0.3, -0.25) is 14.4 Å². The summed E-state index contributed by atoms with van der Waals surface area (Å²) in [7, 11) is 1.21. The molecular formula is C25H30ClFN4O5. The second-order valence-corrected chi connectivity index (χ2v) is 10.7. The van der Waals surface area contributed by atoms with E-state index in [4.69, 9.17) is 16.3 Å². The zero-order valence-electron chi connectivity index (χ0n) is 20.4. The molecule has 4 N–H and O–H groups in total. The number of fused-ring (bicyclic) bond motifs is 1. The zero-order chi connectivity index (χ0) is 26.2. The third-order valence-corrected chi connectivity index (χ3v) is 7.02. The van der Waals surface area contributed by atoms with Gasteiger partial charge in [-0.2, -0.15) is 0 Å². The summed E-state index contributed by atoms with van der Waals surface area (Å²) < 4.78 is 19.2. The molecule has 3 unspecified atom stereocenters. The number of hydrogen-bond acceptors (Lipinski definition) is 5. The lowest BCUT2D eigenvalue weighted by Gasteiger charge is -2.23. The van der Waals surface area contributed by atoms with Crippen LogP contribution in [-0.4, -0.2) is 53.4 Å². The molecule has 2 fully saturated rings. The molecule has 11 heteroatoms. The number of methoxy groups -OCH3 is 1. The van der Waals surface area contributed by atoms with E-state index in [0.717, 1.165) is 12.8 Å². The van der Waals surface area contributed by atoms with E-state index < -0.39 is 47.1 Å². The number of ether oxygens (including phenoxy) is 1. The fourth-order valence-electron chi connectivity index (χ4n) is 4.71. The first kappa shape index (κ1) is 25.9. The van der Waals surface area contributed by atoms with E-state index in [-0.39, 0.29) is 34.5 Å². The monoisotopic (exact) mass is 520 g/mol. The highest BCUT2D eigenvalue weighted by Gasteiger charge is 2.41. The van der Waals surface area contributed by atoms with Gasteiger partial charge in [-0.25, -0.2) is 9.18 Å². The van der Waals surface area contributed by atoms with E-state index in [1.807, 2.05) is 13.8 Å². The molecule has 2 aliphatic rings. The van der Waals surface area contributed by atoms with Crippen LogP contribution < -0.4 is 16.0 Å². The Bertz CT molecular complexity index is 1210. The van der Waals surface area contributed by atoms with Gasteiger partial charge in [0.05, 0.1) is 17.6 Å². The molecule has 194 valence electrons. The van der Waals surface area contributed by atoms with E-state index in [1.54, 1.807) is 6.07 Å². The highest BCUT2D eigenvalue weighted by molar-refractivity contribution is 6.31. The van der Waals surface area contributed by atoms with Crippen LogP contribution in [0.2, 0.25) is 5.02 Å². The number of aromatic nitrogens is 1. The maximum atomic E-state index is 14.3. The molecule has 4 rings (SSSR count). The summed E-state index contributed by atoms with van der Waals surface area (Å²) >= 11 is 5.83. The smallest absolute Gasteiger partial charge is 0.328 e. The van der Waals surface area contributed by atoms with Crippen LogP contribution >= 0.6 is 11.6 Å². The topological polar surface area (TPSA) is 129 Å². The van der Waals surface area contributed by atoms with Crippen molar-refractivity contribution >= 4 is 46.2 Å². The molecule has 3 amide bonds. The molecule has 36 heavy (non-hydrogen) atoms. The van der Waals surface area contributed by atoms with Gasteiger partial charge in [0, 0.05) is 16.8 Å². The molecule has 1 saturated carbocycles. The average molecular weight is 521 g/mol. The molecule has 1 aromatic carbocycles. The van der Waals surface area contributed by atoms with Crippen molar-refractivity contribution in [1.82, 2.24) is 20.9 Å². The Morgan fingerprint density at radius 3 is 2.53 bits per heavy atom. The predicted molar refractivity (Wildman–Crippen MR) is 131 cm³/mol. The van der Waals surface area contributed by atoms with E-state index in [2.05, 4.69) is 20.9 Å². The lowest BCUT2D eigenvalue weighted by molar-refractivity contribution is -0.146. The summed E-state index contributed by atoms with van der Waals surface area (Å²) in [5, 5.41) is 8.66. The first-order chi connectivity index (χ1) is 17.0. The first-order valence-corrected chi connectivity index (χ1v) is 12.3. The minimum absolute atomic E-state index is 0.0736. The van der Waals surface area contributed by atoms with Crippen molar-refractivity contribution < 1.29 is 28.3 Å².